The van der Waals surface area contributed by atoms with Crippen LogP contribution >= 0.6 is 12.2 Å². The number of benzene rings is 1. The van der Waals surface area contributed by atoms with Crippen LogP contribution in [0.1, 0.15) is 11.1 Å². The van der Waals surface area contributed by atoms with Gasteiger partial charge in [0.2, 0.25) is 5.91 Å². The zero-order valence-corrected chi connectivity index (χ0v) is 12.1. The fourth-order valence-electron chi connectivity index (χ4n) is 1.61. The van der Waals surface area contributed by atoms with Crippen molar-refractivity contribution in [2.24, 2.45) is 5.73 Å². The van der Waals surface area contributed by atoms with E-state index in [2.05, 4.69) is 0 Å². The van der Waals surface area contributed by atoms with Gasteiger partial charge in [0.05, 0.1) is 6.54 Å². The van der Waals surface area contributed by atoms with Crippen molar-refractivity contribution in [3.63, 3.8) is 0 Å². The standard InChI is InChI=1S/C13H18FN3OS/c1-16(2)11(18)8-17(3)7-9-5-4-6-10(12(9)14)13(15)19/h4-6H,7-8H2,1-3H3,(H2,15,19). The van der Waals surface area contributed by atoms with Gasteiger partial charge in [-0.3, -0.25) is 9.69 Å². The predicted octanol–water partition coefficient (Wildman–Crippen LogP) is 0.980. The Bertz CT molecular complexity index is 491. The first-order valence-corrected chi connectivity index (χ1v) is 6.19. The minimum absolute atomic E-state index is 0.0337. The quantitative estimate of drug-likeness (QED) is 0.819. The number of nitrogens with zero attached hydrogens (tertiary/aromatic N) is 2. The van der Waals surface area contributed by atoms with E-state index in [4.69, 9.17) is 18.0 Å². The maximum absolute atomic E-state index is 14.1. The summed E-state index contributed by atoms with van der Waals surface area (Å²) in [6, 6.07) is 4.91. The van der Waals surface area contributed by atoms with Crippen molar-refractivity contribution in [1.29, 1.82) is 0 Å². The molecule has 1 amide bonds. The van der Waals surface area contributed by atoms with Gasteiger partial charge in [-0.2, -0.15) is 0 Å². The second kappa shape index (κ2) is 6.58. The van der Waals surface area contributed by atoms with Gasteiger partial charge < -0.3 is 10.6 Å². The molecule has 0 unspecified atom stereocenters. The van der Waals surface area contributed by atoms with Crippen molar-refractivity contribution in [3.8, 4) is 0 Å². The summed E-state index contributed by atoms with van der Waals surface area (Å²) in [5.41, 5.74) is 6.16. The summed E-state index contributed by atoms with van der Waals surface area (Å²) >= 11 is 4.79. The van der Waals surface area contributed by atoms with Crippen molar-refractivity contribution in [2.75, 3.05) is 27.7 Å². The fraction of sp³-hybridized carbons (Fsp3) is 0.385. The monoisotopic (exact) mass is 283 g/mol. The van der Waals surface area contributed by atoms with Gasteiger partial charge in [0.1, 0.15) is 10.8 Å². The molecule has 1 aromatic rings. The molecule has 19 heavy (non-hydrogen) atoms. The number of halogens is 1. The van der Waals surface area contributed by atoms with Gasteiger partial charge in [-0.05, 0) is 13.1 Å². The number of rotatable bonds is 5. The molecule has 0 aromatic heterocycles. The van der Waals surface area contributed by atoms with Crippen LogP contribution in [-0.2, 0) is 11.3 Å². The van der Waals surface area contributed by atoms with Gasteiger partial charge in [-0.15, -0.1) is 0 Å². The van der Waals surface area contributed by atoms with Crippen LogP contribution < -0.4 is 5.73 Å². The highest BCUT2D eigenvalue weighted by molar-refractivity contribution is 7.80. The van der Waals surface area contributed by atoms with Crippen LogP contribution in [0.15, 0.2) is 18.2 Å². The molecular formula is C13H18FN3OS. The summed E-state index contributed by atoms with van der Waals surface area (Å²) in [5.74, 6) is -0.451. The molecule has 0 bridgehead atoms. The van der Waals surface area contributed by atoms with Crippen molar-refractivity contribution < 1.29 is 9.18 Å². The van der Waals surface area contributed by atoms with Gasteiger partial charge >= 0.3 is 0 Å². The molecule has 0 saturated carbocycles. The van der Waals surface area contributed by atoms with E-state index >= 15 is 0 Å². The SMILES string of the molecule is CN(CC(=O)N(C)C)Cc1cccc(C(N)=S)c1F. The number of thiocarbonyl (C=S) groups is 1. The van der Waals surface area contributed by atoms with Crippen LogP contribution in [0.25, 0.3) is 0 Å². The van der Waals surface area contributed by atoms with Crippen LogP contribution in [0.5, 0.6) is 0 Å². The lowest BCUT2D eigenvalue weighted by atomic mass is 10.1. The van der Waals surface area contributed by atoms with Crippen LogP contribution in [0.4, 0.5) is 4.39 Å². The average molecular weight is 283 g/mol. The van der Waals surface area contributed by atoms with Crippen molar-refractivity contribution >= 4 is 23.1 Å². The zero-order chi connectivity index (χ0) is 14.6. The molecule has 0 aliphatic rings. The molecule has 1 rings (SSSR count). The molecule has 0 saturated heterocycles. The van der Waals surface area contributed by atoms with Gasteiger partial charge in [-0.1, -0.05) is 24.4 Å². The molecule has 104 valence electrons. The largest absolute Gasteiger partial charge is 0.389 e. The number of carbonyl (C=O) groups excluding carboxylic acids is 1. The Morgan fingerprint density at radius 2 is 2.00 bits per heavy atom. The summed E-state index contributed by atoms with van der Waals surface area (Å²) in [5, 5.41) is 0. The highest BCUT2D eigenvalue weighted by Crippen LogP contribution is 2.14. The number of hydrogen-bond acceptors (Lipinski definition) is 3. The normalized spacial score (nSPS) is 10.6. The Labute approximate surface area is 118 Å². The summed E-state index contributed by atoms with van der Waals surface area (Å²) in [4.78, 5) is 14.8. The molecule has 0 heterocycles. The zero-order valence-electron chi connectivity index (χ0n) is 11.3. The first-order chi connectivity index (χ1) is 8.82. The van der Waals surface area contributed by atoms with Crippen LogP contribution in [0, 0.1) is 5.82 Å². The first kappa shape index (κ1) is 15.5. The summed E-state index contributed by atoms with van der Waals surface area (Å²) in [7, 11) is 5.13. The molecular weight excluding hydrogens is 265 g/mol. The summed E-state index contributed by atoms with van der Waals surface area (Å²) in [6.45, 7) is 0.547. The maximum Gasteiger partial charge on any atom is 0.236 e. The molecule has 0 atom stereocenters. The first-order valence-electron chi connectivity index (χ1n) is 5.78. The van der Waals surface area contributed by atoms with Crippen molar-refractivity contribution in [1.82, 2.24) is 9.80 Å². The lowest BCUT2D eigenvalue weighted by Crippen LogP contribution is -2.34. The Kier molecular flexibility index (Phi) is 5.38. The van der Waals surface area contributed by atoms with Crippen molar-refractivity contribution in [2.45, 2.75) is 6.54 Å². The number of amides is 1. The van der Waals surface area contributed by atoms with E-state index in [0.717, 1.165) is 0 Å². The summed E-state index contributed by atoms with van der Waals surface area (Å²) < 4.78 is 14.1. The lowest BCUT2D eigenvalue weighted by Gasteiger charge is -2.19. The number of carbonyl (C=O) groups is 1. The van der Waals surface area contributed by atoms with E-state index in [1.165, 1.54) is 4.90 Å². The van der Waals surface area contributed by atoms with Crippen LogP contribution in [0.3, 0.4) is 0 Å². The van der Waals surface area contributed by atoms with Crippen LogP contribution in [0.2, 0.25) is 0 Å². The lowest BCUT2D eigenvalue weighted by molar-refractivity contribution is -0.129. The van der Waals surface area contributed by atoms with Gasteiger partial charge in [0.15, 0.2) is 0 Å². The Balaban J connectivity index is 2.80. The summed E-state index contributed by atoms with van der Waals surface area (Å²) in [6.07, 6.45) is 0. The van der Waals surface area contributed by atoms with E-state index in [9.17, 15) is 9.18 Å². The third kappa shape index (κ3) is 4.25. The van der Waals surface area contributed by atoms with Gasteiger partial charge in [-0.25, -0.2) is 4.39 Å². The van der Waals surface area contributed by atoms with Gasteiger partial charge in [0, 0.05) is 31.8 Å². The highest BCUT2D eigenvalue weighted by atomic mass is 32.1. The second-order valence-electron chi connectivity index (χ2n) is 4.60. The number of likely N-dealkylation sites (N-methyl/N-ethyl adjacent to an activating group) is 2. The van der Waals surface area contributed by atoms with E-state index in [1.807, 2.05) is 0 Å². The molecule has 4 nitrogen and oxygen atoms in total. The van der Waals surface area contributed by atoms with Gasteiger partial charge in [0.25, 0.3) is 0 Å². The average Bonchev–Trinajstić information content (AvgIpc) is 2.31. The number of hydrogen-bond donors (Lipinski definition) is 1. The molecule has 0 fully saturated rings. The Hall–Kier alpha value is -1.53. The van der Waals surface area contributed by atoms with E-state index < -0.39 is 5.82 Å². The van der Waals surface area contributed by atoms with Crippen molar-refractivity contribution in [3.05, 3.63) is 35.1 Å². The maximum atomic E-state index is 14.1. The topological polar surface area (TPSA) is 49.6 Å². The van der Waals surface area contributed by atoms with E-state index in [-0.39, 0.29) is 23.0 Å². The minimum Gasteiger partial charge on any atom is -0.389 e. The molecule has 0 aliphatic heterocycles. The predicted molar refractivity (Wildman–Crippen MR) is 77.3 cm³/mol. The third-order valence-electron chi connectivity index (χ3n) is 2.69. The fourth-order valence-corrected chi connectivity index (χ4v) is 1.77. The molecule has 0 radical (unpaired) electrons. The van der Waals surface area contributed by atoms with E-state index in [0.29, 0.717) is 12.1 Å². The van der Waals surface area contributed by atoms with Crippen LogP contribution in [-0.4, -0.2) is 48.4 Å². The second-order valence-corrected chi connectivity index (χ2v) is 5.04. The highest BCUT2D eigenvalue weighted by Gasteiger charge is 2.14. The third-order valence-corrected chi connectivity index (χ3v) is 2.91. The smallest absolute Gasteiger partial charge is 0.236 e. The van der Waals surface area contributed by atoms with E-state index in [1.54, 1.807) is 44.2 Å². The number of nitrogens with two attached hydrogens (primary N) is 1. The Morgan fingerprint density at radius 1 is 1.37 bits per heavy atom. The molecule has 1 aromatic carbocycles. The minimum atomic E-state index is -0.417. The Morgan fingerprint density at radius 3 is 2.53 bits per heavy atom. The molecule has 0 aliphatic carbocycles. The molecule has 2 N–H and O–H groups in total. The molecule has 6 heteroatoms. The molecule has 0 spiro atoms.